The maximum atomic E-state index is 13.1. The normalized spacial score (nSPS) is 10.9. The maximum absolute atomic E-state index is 13.1. The molecule has 0 bridgehead atoms. The molecule has 0 fully saturated rings. The van der Waals surface area contributed by atoms with Crippen molar-refractivity contribution in [2.24, 2.45) is 0 Å². The molecular formula is C16H20ClFN4O2. The Kier molecular flexibility index (Phi) is 6.57. The minimum atomic E-state index is -0.503. The zero-order valence-corrected chi connectivity index (χ0v) is 14.4. The number of carbonyl (C=O) groups excluding carboxylic acids is 1. The van der Waals surface area contributed by atoms with Crippen molar-refractivity contribution >= 4 is 17.5 Å². The molecule has 0 saturated heterocycles. The van der Waals surface area contributed by atoms with Crippen LogP contribution in [-0.2, 0) is 6.73 Å². The van der Waals surface area contributed by atoms with Gasteiger partial charge in [-0.15, -0.1) is 0 Å². The largest absolute Gasteiger partial charge is 0.471 e. The number of amides is 1. The van der Waals surface area contributed by atoms with Crippen LogP contribution in [0.5, 0.6) is 5.75 Å². The highest BCUT2D eigenvalue weighted by Crippen LogP contribution is 2.21. The highest BCUT2D eigenvalue weighted by atomic mass is 35.5. The number of carbonyl (C=O) groups is 1. The fraction of sp³-hybridized carbons (Fsp3) is 0.375. The highest BCUT2D eigenvalue weighted by molar-refractivity contribution is 6.30. The van der Waals surface area contributed by atoms with Crippen LogP contribution in [0, 0.1) is 5.82 Å². The summed E-state index contributed by atoms with van der Waals surface area (Å²) in [7, 11) is 3.97. The zero-order chi connectivity index (χ0) is 17.5. The minimum absolute atomic E-state index is 0.00856. The van der Waals surface area contributed by atoms with Crippen molar-refractivity contribution in [2.75, 3.05) is 27.2 Å². The van der Waals surface area contributed by atoms with Crippen molar-refractivity contribution in [3.05, 3.63) is 47.0 Å². The molecule has 1 N–H and O–H groups in total. The van der Waals surface area contributed by atoms with Crippen LogP contribution in [0.1, 0.15) is 16.9 Å². The van der Waals surface area contributed by atoms with Crippen LogP contribution in [0.4, 0.5) is 4.39 Å². The molecular weight excluding hydrogens is 335 g/mol. The van der Waals surface area contributed by atoms with Gasteiger partial charge < -0.3 is 15.0 Å². The van der Waals surface area contributed by atoms with Crippen LogP contribution in [0.2, 0.25) is 5.02 Å². The summed E-state index contributed by atoms with van der Waals surface area (Å²) in [5, 5.41) is 6.95. The lowest BCUT2D eigenvalue weighted by Crippen LogP contribution is -2.27. The second-order valence-electron chi connectivity index (χ2n) is 5.50. The third kappa shape index (κ3) is 5.50. The molecule has 0 aliphatic rings. The average molecular weight is 355 g/mol. The Morgan fingerprint density at radius 2 is 2.21 bits per heavy atom. The van der Waals surface area contributed by atoms with Gasteiger partial charge in [-0.25, -0.2) is 9.07 Å². The molecule has 6 nitrogen and oxygen atoms in total. The molecule has 0 saturated carbocycles. The summed E-state index contributed by atoms with van der Waals surface area (Å²) in [5.41, 5.74) is 0.320. The van der Waals surface area contributed by atoms with E-state index >= 15 is 0 Å². The van der Waals surface area contributed by atoms with Crippen molar-refractivity contribution < 1.29 is 13.9 Å². The molecule has 0 radical (unpaired) electrons. The molecule has 2 rings (SSSR count). The smallest absolute Gasteiger partial charge is 0.271 e. The number of aromatic nitrogens is 2. The fourth-order valence-electron chi connectivity index (χ4n) is 1.95. The predicted octanol–water partition coefficient (Wildman–Crippen LogP) is 2.39. The lowest BCUT2D eigenvalue weighted by Gasteiger charge is -2.09. The Morgan fingerprint density at radius 3 is 2.92 bits per heavy atom. The second kappa shape index (κ2) is 8.65. The van der Waals surface area contributed by atoms with Crippen LogP contribution in [0.3, 0.4) is 0 Å². The molecule has 24 heavy (non-hydrogen) atoms. The first kappa shape index (κ1) is 18.2. The Morgan fingerprint density at radius 1 is 1.42 bits per heavy atom. The number of halogens is 2. The van der Waals surface area contributed by atoms with E-state index in [0.717, 1.165) is 13.0 Å². The number of hydrogen-bond acceptors (Lipinski definition) is 4. The van der Waals surface area contributed by atoms with Gasteiger partial charge in [-0.1, -0.05) is 11.6 Å². The molecule has 1 aromatic carbocycles. The third-order valence-electron chi connectivity index (χ3n) is 3.20. The van der Waals surface area contributed by atoms with Crippen molar-refractivity contribution in [1.82, 2.24) is 20.0 Å². The molecule has 1 amide bonds. The summed E-state index contributed by atoms with van der Waals surface area (Å²) in [5.74, 6) is -0.305. The maximum Gasteiger partial charge on any atom is 0.271 e. The van der Waals surface area contributed by atoms with E-state index in [2.05, 4.69) is 15.3 Å². The molecule has 0 atom stereocenters. The van der Waals surface area contributed by atoms with Gasteiger partial charge in [0.2, 0.25) is 0 Å². The van der Waals surface area contributed by atoms with Gasteiger partial charge in [0.05, 0.1) is 5.02 Å². The van der Waals surface area contributed by atoms with E-state index in [-0.39, 0.29) is 17.7 Å². The van der Waals surface area contributed by atoms with Gasteiger partial charge in [0, 0.05) is 18.8 Å². The lowest BCUT2D eigenvalue weighted by molar-refractivity contribution is 0.0945. The van der Waals surface area contributed by atoms with E-state index in [1.54, 1.807) is 12.3 Å². The topological polar surface area (TPSA) is 59.4 Å². The summed E-state index contributed by atoms with van der Waals surface area (Å²) < 4.78 is 20.0. The van der Waals surface area contributed by atoms with E-state index in [4.69, 9.17) is 16.3 Å². The van der Waals surface area contributed by atoms with Crippen LogP contribution in [0.25, 0.3) is 0 Å². The molecule has 2 aromatic rings. The quantitative estimate of drug-likeness (QED) is 0.739. The van der Waals surface area contributed by atoms with Crippen LogP contribution < -0.4 is 10.1 Å². The molecule has 0 unspecified atom stereocenters. The highest BCUT2D eigenvalue weighted by Gasteiger charge is 2.09. The predicted molar refractivity (Wildman–Crippen MR) is 89.8 cm³/mol. The Bertz CT molecular complexity index is 690. The molecule has 0 aliphatic carbocycles. The standard InChI is InChI=1S/C16H20ClFN4O2/c1-21(2)8-3-7-19-16(23)15-6-9-22(20-15)11-24-12-4-5-14(18)13(17)10-12/h4-6,9-10H,3,7-8,11H2,1-2H3,(H,19,23). The summed E-state index contributed by atoms with van der Waals surface area (Å²) >= 11 is 5.69. The van der Waals surface area contributed by atoms with Crippen LogP contribution >= 0.6 is 11.6 Å². The Balaban J connectivity index is 1.81. The number of benzene rings is 1. The van der Waals surface area contributed by atoms with Gasteiger partial charge in [-0.2, -0.15) is 5.10 Å². The van der Waals surface area contributed by atoms with E-state index in [0.29, 0.717) is 18.0 Å². The van der Waals surface area contributed by atoms with Gasteiger partial charge in [-0.3, -0.25) is 4.79 Å². The Labute approximate surface area is 145 Å². The van der Waals surface area contributed by atoms with Gasteiger partial charge in [-0.05, 0) is 45.3 Å². The summed E-state index contributed by atoms with van der Waals surface area (Å²) in [6.07, 6.45) is 2.51. The molecule has 1 heterocycles. The molecule has 8 heteroatoms. The number of ether oxygens (including phenoxy) is 1. The van der Waals surface area contributed by atoms with Gasteiger partial charge >= 0.3 is 0 Å². The number of nitrogens with zero attached hydrogens (tertiary/aromatic N) is 3. The fourth-order valence-corrected chi connectivity index (χ4v) is 2.12. The van der Waals surface area contributed by atoms with Crippen molar-refractivity contribution in [1.29, 1.82) is 0 Å². The van der Waals surface area contributed by atoms with Crippen molar-refractivity contribution in [3.8, 4) is 5.75 Å². The van der Waals surface area contributed by atoms with E-state index in [1.165, 1.54) is 22.9 Å². The van der Waals surface area contributed by atoms with Crippen molar-refractivity contribution in [3.63, 3.8) is 0 Å². The Hall–Kier alpha value is -2.12. The molecule has 0 spiro atoms. The SMILES string of the molecule is CN(C)CCCNC(=O)c1ccn(COc2ccc(F)c(Cl)c2)n1. The summed E-state index contributed by atoms with van der Waals surface area (Å²) in [6, 6.07) is 5.71. The monoisotopic (exact) mass is 354 g/mol. The molecule has 1 aromatic heterocycles. The zero-order valence-electron chi connectivity index (χ0n) is 13.6. The third-order valence-corrected chi connectivity index (χ3v) is 3.49. The van der Waals surface area contributed by atoms with Crippen LogP contribution in [-0.4, -0.2) is 47.8 Å². The summed E-state index contributed by atoms with van der Waals surface area (Å²) in [6.45, 7) is 1.59. The van der Waals surface area contributed by atoms with Gasteiger partial charge in [0.15, 0.2) is 6.73 Å². The number of nitrogens with one attached hydrogen (secondary N) is 1. The first-order valence-electron chi connectivity index (χ1n) is 7.50. The summed E-state index contributed by atoms with van der Waals surface area (Å²) in [4.78, 5) is 14.0. The first-order valence-corrected chi connectivity index (χ1v) is 7.88. The average Bonchev–Trinajstić information content (AvgIpc) is 3.01. The van der Waals surface area contributed by atoms with E-state index < -0.39 is 5.82 Å². The van der Waals surface area contributed by atoms with Gasteiger partial charge in [0.25, 0.3) is 5.91 Å². The number of hydrogen-bond donors (Lipinski definition) is 1. The minimum Gasteiger partial charge on any atom is -0.471 e. The first-order chi connectivity index (χ1) is 11.5. The van der Waals surface area contributed by atoms with Gasteiger partial charge in [0.1, 0.15) is 17.3 Å². The van der Waals surface area contributed by atoms with Crippen molar-refractivity contribution in [2.45, 2.75) is 13.2 Å². The van der Waals surface area contributed by atoms with Crippen LogP contribution in [0.15, 0.2) is 30.5 Å². The number of rotatable bonds is 8. The molecule has 130 valence electrons. The second-order valence-corrected chi connectivity index (χ2v) is 5.91. The van der Waals surface area contributed by atoms with E-state index in [9.17, 15) is 9.18 Å². The lowest BCUT2D eigenvalue weighted by atomic mass is 10.3. The molecule has 0 aliphatic heterocycles. The van der Waals surface area contributed by atoms with E-state index in [1.807, 2.05) is 14.1 Å².